The average Bonchev–Trinajstić information content (AvgIpc) is 2.93. The van der Waals surface area contributed by atoms with Crippen molar-refractivity contribution in [1.82, 2.24) is 25.0 Å². The second-order valence-electron chi connectivity index (χ2n) is 8.45. The Balaban J connectivity index is 1.22. The van der Waals surface area contributed by atoms with E-state index < -0.39 is 0 Å². The van der Waals surface area contributed by atoms with E-state index in [4.69, 9.17) is 4.98 Å². The summed E-state index contributed by atoms with van der Waals surface area (Å²) in [6.07, 6.45) is 0. The Kier molecular flexibility index (Phi) is 7.46. The summed E-state index contributed by atoms with van der Waals surface area (Å²) in [5.41, 5.74) is 4.76. The number of aromatic nitrogens is 3. The van der Waals surface area contributed by atoms with E-state index in [1.165, 1.54) is 17.3 Å². The van der Waals surface area contributed by atoms with Crippen LogP contribution in [0.3, 0.4) is 0 Å². The molecular weight excluding hydrogens is 454 g/mol. The molecule has 7 heteroatoms. The molecule has 0 bridgehead atoms. The molecule has 3 aromatic carbocycles. The van der Waals surface area contributed by atoms with Gasteiger partial charge in [0.25, 0.3) is 0 Å². The van der Waals surface area contributed by atoms with Gasteiger partial charge in [0.2, 0.25) is 11.1 Å². The van der Waals surface area contributed by atoms with Crippen molar-refractivity contribution in [2.75, 3.05) is 31.9 Å². The Labute approximate surface area is 210 Å². The number of rotatable bonds is 7. The summed E-state index contributed by atoms with van der Waals surface area (Å²) >= 11 is 1.35. The van der Waals surface area contributed by atoms with Crippen molar-refractivity contribution in [2.24, 2.45) is 0 Å². The SMILES string of the molecule is O=C(CSc1nnc(-c2ccccc2)c(-c2ccccc2)n1)N1CCN(Cc2ccccc2)CC1. The molecule has 4 aromatic rings. The summed E-state index contributed by atoms with van der Waals surface area (Å²) in [6, 6.07) is 30.4. The number of nitrogens with zero attached hydrogens (tertiary/aromatic N) is 5. The first-order valence-electron chi connectivity index (χ1n) is 11.8. The van der Waals surface area contributed by atoms with Crippen molar-refractivity contribution in [3.63, 3.8) is 0 Å². The second kappa shape index (κ2) is 11.3. The third-order valence-electron chi connectivity index (χ3n) is 6.06. The summed E-state index contributed by atoms with van der Waals surface area (Å²) in [5.74, 6) is 0.422. The highest BCUT2D eigenvalue weighted by Gasteiger charge is 2.22. The first-order chi connectivity index (χ1) is 17.3. The molecule has 0 aliphatic carbocycles. The number of carbonyl (C=O) groups excluding carboxylic acids is 1. The van der Waals surface area contributed by atoms with Gasteiger partial charge >= 0.3 is 0 Å². The lowest BCUT2D eigenvalue weighted by Gasteiger charge is -2.34. The minimum Gasteiger partial charge on any atom is -0.339 e. The lowest BCUT2D eigenvalue weighted by Crippen LogP contribution is -2.48. The fourth-order valence-electron chi connectivity index (χ4n) is 4.17. The summed E-state index contributed by atoms with van der Waals surface area (Å²) < 4.78 is 0. The number of hydrogen-bond acceptors (Lipinski definition) is 6. The largest absolute Gasteiger partial charge is 0.339 e. The third-order valence-corrected chi connectivity index (χ3v) is 6.88. The standard InChI is InChI=1S/C28H27N5OS/c34-25(33-18-16-32(17-19-33)20-22-10-4-1-5-11-22)21-35-28-29-26(23-12-6-2-7-13-23)27(30-31-28)24-14-8-3-9-15-24/h1-15H,16-21H2. The molecule has 6 nitrogen and oxygen atoms in total. The number of carbonyl (C=O) groups is 1. The van der Waals surface area contributed by atoms with E-state index in [0.29, 0.717) is 10.9 Å². The van der Waals surface area contributed by atoms with E-state index in [1.54, 1.807) is 0 Å². The van der Waals surface area contributed by atoms with Gasteiger partial charge in [-0.2, -0.15) is 0 Å². The molecule has 0 spiro atoms. The van der Waals surface area contributed by atoms with Crippen molar-refractivity contribution < 1.29 is 4.79 Å². The van der Waals surface area contributed by atoms with Gasteiger partial charge in [-0.25, -0.2) is 4.98 Å². The lowest BCUT2D eigenvalue weighted by molar-refractivity contribution is -0.130. The van der Waals surface area contributed by atoms with Crippen LogP contribution in [0.15, 0.2) is 96.2 Å². The Morgan fingerprint density at radius 1 is 0.714 bits per heavy atom. The van der Waals surface area contributed by atoms with E-state index in [0.717, 1.165) is 55.2 Å². The van der Waals surface area contributed by atoms with E-state index in [-0.39, 0.29) is 5.91 Å². The van der Waals surface area contributed by atoms with Gasteiger partial charge in [-0.1, -0.05) is 103 Å². The molecular formula is C28H27N5OS. The molecule has 5 rings (SSSR count). The maximum absolute atomic E-state index is 12.9. The zero-order chi connectivity index (χ0) is 23.9. The molecule has 176 valence electrons. The molecule has 0 radical (unpaired) electrons. The molecule has 2 heterocycles. The van der Waals surface area contributed by atoms with Crippen LogP contribution in [0.4, 0.5) is 0 Å². The van der Waals surface area contributed by atoms with E-state index in [1.807, 2.05) is 71.6 Å². The highest BCUT2D eigenvalue weighted by atomic mass is 32.2. The summed E-state index contributed by atoms with van der Waals surface area (Å²) in [4.78, 5) is 22.0. The Hall–Kier alpha value is -3.55. The van der Waals surface area contributed by atoms with Crippen LogP contribution in [0.1, 0.15) is 5.56 Å². The zero-order valence-electron chi connectivity index (χ0n) is 19.5. The van der Waals surface area contributed by atoms with Gasteiger partial charge in [-0.3, -0.25) is 9.69 Å². The molecule has 0 atom stereocenters. The van der Waals surface area contributed by atoms with E-state index >= 15 is 0 Å². The molecule has 0 unspecified atom stereocenters. The van der Waals surface area contributed by atoms with E-state index in [9.17, 15) is 4.79 Å². The number of benzene rings is 3. The quantitative estimate of drug-likeness (QED) is 0.358. The van der Waals surface area contributed by atoms with Gasteiger partial charge in [-0.05, 0) is 5.56 Å². The normalized spacial score (nSPS) is 14.1. The van der Waals surface area contributed by atoms with Crippen LogP contribution in [0.5, 0.6) is 0 Å². The van der Waals surface area contributed by atoms with Crippen molar-refractivity contribution in [2.45, 2.75) is 11.7 Å². The van der Waals surface area contributed by atoms with E-state index in [2.05, 4.69) is 39.4 Å². The van der Waals surface area contributed by atoms with Crippen molar-refractivity contribution in [1.29, 1.82) is 0 Å². The number of hydrogen-bond donors (Lipinski definition) is 0. The van der Waals surface area contributed by atoms with Crippen LogP contribution in [-0.2, 0) is 11.3 Å². The van der Waals surface area contributed by atoms with Crippen LogP contribution < -0.4 is 0 Å². The van der Waals surface area contributed by atoms with Crippen molar-refractivity contribution in [3.8, 4) is 22.5 Å². The molecule has 1 aliphatic rings. The fraction of sp³-hybridized carbons (Fsp3) is 0.214. The maximum atomic E-state index is 12.9. The molecule has 1 saturated heterocycles. The number of thioether (sulfide) groups is 1. The predicted octanol–water partition coefficient (Wildman–Crippen LogP) is 4.64. The first kappa shape index (κ1) is 23.2. The minimum atomic E-state index is 0.117. The van der Waals surface area contributed by atoms with Crippen molar-refractivity contribution >= 4 is 17.7 Å². The average molecular weight is 482 g/mol. The lowest BCUT2D eigenvalue weighted by atomic mass is 10.0. The Morgan fingerprint density at radius 3 is 1.91 bits per heavy atom. The molecule has 0 saturated carbocycles. The molecule has 0 N–H and O–H groups in total. The monoisotopic (exact) mass is 481 g/mol. The molecule has 1 aromatic heterocycles. The van der Waals surface area contributed by atoms with Gasteiger partial charge in [0, 0.05) is 43.9 Å². The van der Waals surface area contributed by atoms with Gasteiger partial charge < -0.3 is 4.90 Å². The van der Waals surface area contributed by atoms with Gasteiger partial charge in [-0.15, -0.1) is 10.2 Å². The number of amides is 1. The van der Waals surface area contributed by atoms with Gasteiger partial charge in [0.1, 0.15) is 11.4 Å². The molecule has 1 fully saturated rings. The Morgan fingerprint density at radius 2 is 1.29 bits per heavy atom. The highest BCUT2D eigenvalue weighted by Crippen LogP contribution is 2.29. The van der Waals surface area contributed by atoms with Crippen LogP contribution in [0, 0.1) is 0 Å². The molecule has 35 heavy (non-hydrogen) atoms. The maximum Gasteiger partial charge on any atom is 0.233 e. The van der Waals surface area contributed by atoms with Gasteiger partial charge in [0.05, 0.1) is 5.75 Å². The molecule has 1 amide bonds. The fourth-order valence-corrected chi connectivity index (χ4v) is 4.86. The highest BCUT2D eigenvalue weighted by molar-refractivity contribution is 7.99. The zero-order valence-corrected chi connectivity index (χ0v) is 20.3. The van der Waals surface area contributed by atoms with Crippen LogP contribution >= 0.6 is 11.8 Å². The van der Waals surface area contributed by atoms with Crippen LogP contribution in [-0.4, -0.2) is 62.8 Å². The summed E-state index contributed by atoms with van der Waals surface area (Å²) in [6.45, 7) is 4.18. The minimum absolute atomic E-state index is 0.117. The third kappa shape index (κ3) is 5.93. The smallest absolute Gasteiger partial charge is 0.233 e. The second-order valence-corrected chi connectivity index (χ2v) is 9.40. The number of piperazine rings is 1. The van der Waals surface area contributed by atoms with Crippen molar-refractivity contribution in [3.05, 3.63) is 96.6 Å². The van der Waals surface area contributed by atoms with Gasteiger partial charge in [0.15, 0.2) is 0 Å². The Bertz CT molecular complexity index is 1250. The van der Waals surface area contributed by atoms with Crippen LogP contribution in [0.2, 0.25) is 0 Å². The first-order valence-corrected chi connectivity index (χ1v) is 12.8. The molecule has 1 aliphatic heterocycles. The topological polar surface area (TPSA) is 62.2 Å². The summed E-state index contributed by atoms with van der Waals surface area (Å²) in [5, 5.41) is 9.35. The van der Waals surface area contributed by atoms with Crippen LogP contribution in [0.25, 0.3) is 22.5 Å². The summed E-state index contributed by atoms with van der Waals surface area (Å²) in [7, 11) is 0. The predicted molar refractivity (Wildman–Crippen MR) is 140 cm³/mol.